The summed E-state index contributed by atoms with van der Waals surface area (Å²) >= 11 is 0. The molecule has 1 unspecified atom stereocenters. The number of likely N-dealkylation sites (tertiary alicyclic amines) is 1. The number of rotatable bonds is 3. The van der Waals surface area contributed by atoms with Gasteiger partial charge in [0.1, 0.15) is 5.56 Å². The van der Waals surface area contributed by atoms with Crippen LogP contribution in [0.1, 0.15) is 16.8 Å². The van der Waals surface area contributed by atoms with Crippen molar-refractivity contribution in [2.75, 3.05) is 25.5 Å². The molecule has 0 aliphatic carbocycles. The number of nitrogens with one attached hydrogen (secondary N) is 1. The van der Waals surface area contributed by atoms with Crippen molar-refractivity contribution in [1.82, 2.24) is 4.90 Å². The zero-order valence-electron chi connectivity index (χ0n) is 10.5. The fourth-order valence-corrected chi connectivity index (χ4v) is 2.12. The normalized spacial score (nSPS) is 18.4. The van der Waals surface area contributed by atoms with Crippen molar-refractivity contribution in [3.63, 3.8) is 0 Å². The first kappa shape index (κ1) is 13.3. The summed E-state index contributed by atoms with van der Waals surface area (Å²) in [6.07, 6.45) is -0.0406. The molecule has 1 aromatic rings. The Morgan fingerprint density at radius 1 is 1.58 bits per heavy atom. The number of carbonyl (C=O) groups excluding carboxylic acids is 1. The van der Waals surface area contributed by atoms with Crippen molar-refractivity contribution in [2.24, 2.45) is 0 Å². The molecule has 0 bridgehead atoms. The Balaban J connectivity index is 2.36. The van der Waals surface area contributed by atoms with Crippen molar-refractivity contribution in [3.05, 3.63) is 33.9 Å². The van der Waals surface area contributed by atoms with Gasteiger partial charge in [0.15, 0.2) is 0 Å². The zero-order chi connectivity index (χ0) is 14.0. The first-order valence-corrected chi connectivity index (χ1v) is 5.96. The van der Waals surface area contributed by atoms with Crippen molar-refractivity contribution in [2.45, 2.75) is 12.5 Å². The number of anilines is 1. The second-order valence-electron chi connectivity index (χ2n) is 4.43. The molecule has 19 heavy (non-hydrogen) atoms. The number of nitro benzene ring substituents is 1. The molecule has 0 saturated carbocycles. The lowest BCUT2D eigenvalue weighted by molar-refractivity contribution is -0.385. The summed E-state index contributed by atoms with van der Waals surface area (Å²) in [6, 6.07) is 4.32. The molecule has 7 nitrogen and oxygen atoms in total. The number of hydrogen-bond donors (Lipinski definition) is 2. The van der Waals surface area contributed by atoms with Gasteiger partial charge < -0.3 is 15.3 Å². The van der Waals surface area contributed by atoms with Crippen molar-refractivity contribution < 1.29 is 14.8 Å². The molecule has 0 aromatic heterocycles. The van der Waals surface area contributed by atoms with E-state index in [1.54, 1.807) is 13.1 Å². The summed E-state index contributed by atoms with van der Waals surface area (Å²) in [4.78, 5) is 24.1. The van der Waals surface area contributed by atoms with Crippen molar-refractivity contribution >= 4 is 17.3 Å². The molecule has 1 saturated heterocycles. The number of nitrogens with zero attached hydrogens (tertiary/aromatic N) is 2. The number of hydrogen-bond acceptors (Lipinski definition) is 5. The highest BCUT2D eigenvalue weighted by atomic mass is 16.6. The molecule has 1 fully saturated rings. The lowest BCUT2D eigenvalue weighted by atomic mass is 10.1. The van der Waals surface area contributed by atoms with Gasteiger partial charge in [0.05, 0.1) is 11.0 Å². The summed E-state index contributed by atoms with van der Waals surface area (Å²) in [5.41, 5.74) is 0.463. The Kier molecular flexibility index (Phi) is 3.66. The monoisotopic (exact) mass is 265 g/mol. The maximum Gasteiger partial charge on any atom is 0.282 e. The average molecular weight is 265 g/mol. The lowest BCUT2D eigenvalue weighted by Gasteiger charge is -2.16. The van der Waals surface area contributed by atoms with Gasteiger partial charge in [-0.25, -0.2) is 0 Å². The fraction of sp³-hybridized carbons (Fsp3) is 0.417. The number of nitro groups is 1. The molecule has 1 amide bonds. The summed E-state index contributed by atoms with van der Waals surface area (Å²) in [6.45, 7) is 0.640. The minimum Gasteiger partial charge on any atom is -0.391 e. The van der Waals surface area contributed by atoms with Gasteiger partial charge in [0, 0.05) is 31.9 Å². The molecule has 2 rings (SSSR count). The number of carbonyl (C=O) groups is 1. The van der Waals surface area contributed by atoms with E-state index in [4.69, 9.17) is 0 Å². The van der Waals surface area contributed by atoms with Gasteiger partial charge in [-0.1, -0.05) is 0 Å². The van der Waals surface area contributed by atoms with Crippen LogP contribution in [0.15, 0.2) is 18.2 Å². The van der Waals surface area contributed by atoms with E-state index in [2.05, 4.69) is 5.32 Å². The molecule has 7 heteroatoms. The second-order valence-corrected chi connectivity index (χ2v) is 4.43. The minimum atomic E-state index is -0.570. The van der Waals surface area contributed by atoms with E-state index in [-0.39, 0.29) is 17.8 Å². The number of aliphatic hydroxyl groups excluding tert-OH is 1. The largest absolute Gasteiger partial charge is 0.391 e. The van der Waals surface area contributed by atoms with Crippen LogP contribution in [0.4, 0.5) is 11.4 Å². The number of benzene rings is 1. The number of aliphatic hydroxyl groups is 1. The van der Waals surface area contributed by atoms with Gasteiger partial charge >= 0.3 is 0 Å². The van der Waals surface area contributed by atoms with Crippen LogP contribution in [0.2, 0.25) is 0 Å². The predicted octanol–water partition coefficient (Wildman–Crippen LogP) is 0.843. The zero-order valence-corrected chi connectivity index (χ0v) is 10.5. The van der Waals surface area contributed by atoms with Gasteiger partial charge in [-0.3, -0.25) is 14.9 Å². The highest BCUT2D eigenvalue weighted by molar-refractivity contribution is 5.99. The van der Waals surface area contributed by atoms with Crippen LogP contribution in [0, 0.1) is 10.1 Å². The van der Waals surface area contributed by atoms with Gasteiger partial charge in [0.2, 0.25) is 0 Å². The summed E-state index contributed by atoms with van der Waals surface area (Å²) < 4.78 is 0. The Labute approximate surface area is 110 Å². The Morgan fingerprint density at radius 2 is 2.32 bits per heavy atom. The third kappa shape index (κ3) is 2.65. The van der Waals surface area contributed by atoms with E-state index in [9.17, 15) is 20.0 Å². The van der Waals surface area contributed by atoms with Crippen molar-refractivity contribution in [1.29, 1.82) is 0 Å². The average Bonchev–Trinajstić information content (AvgIpc) is 2.83. The smallest absolute Gasteiger partial charge is 0.282 e. The summed E-state index contributed by atoms with van der Waals surface area (Å²) in [7, 11) is 1.68. The van der Waals surface area contributed by atoms with E-state index < -0.39 is 16.9 Å². The van der Waals surface area contributed by atoms with E-state index >= 15 is 0 Å². The Bertz CT molecular complexity index is 518. The maximum atomic E-state index is 12.3. The third-order valence-corrected chi connectivity index (χ3v) is 3.16. The van der Waals surface area contributed by atoms with Gasteiger partial charge in [-0.2, -0.15) is 0 Å². The van der Waals surface area contributed by atoms with E-state index in [0.717, 1.165) is 0 Å². The van der Waals surface area contributed by atoms with E-state index in [1.807, 2.05) is 0 Å². The van der Waals surface area contributed by atoms with Crippen LogP contribution in [0.5, 0.6) is 0 Å². The molecule has 1 atom stereocenters. The molecule has 1 heterocycles. The van der Waals surface area contributed by atoms with Crippen LogP contribution in [0.25, 0.3) is 0 Å². The van der Waals surface area contributed by atoms with Crippen molar-refractivity contribution in [3.8, 4) is 0 Å². The second kappa shape index (κ2) is 5.23. The molecule has 0 radical (unpaired) electrons. The topological polar surface area (TPSA) is 95.7 Å². The first-order chi connectivity index (χ1) is 9.02. The van der Waals surface area contributed by atoms with E-state index in [0.29, 0.717) is 18.7 Å². The van der Waals surface area contributed by atoms with Crippen LogP contribution < -0.4 is 5.32 Å². The molecule has 1 aliphatic heterocycles. The quantitative estimate of drug-likeness (QED) is 0.623. The third-order valence-electron chi connectivity index (χ3n) is 3.16. The standard InChI is InChI=1S/C12H15N3O4/c1-13-8-2-3-11(15(18)19)10(6-8)12(17)14-5-4-9(16)7-14/h2-3,6,9,13,16H,4-5,7H2,1H3. The van der Waals surface area contributed by atoms with Crippen LogP contribution in [0.3, 0.4) is 0 Å². The molecular formula is C12H15N3O4. The fourth-order valence-electron chi connectivity index (χ4n) is 2.12. The maximum absolute atomic E-state index is 12.3. The first-order valence-electron chi connectivity index (χ1n) is 5.96. The highest BCUT2D eigenvalue weighted by Gasteiger charge is 2.29. The summed E-state index contributed by atoms with van der Waals surface area (Å²) in [5, 5.41) is 23.2. The van der Waals surface area contributed by atoms with E-state index in [1.165, 1.54) is 17.0 Å². The van der Waals surface area contributed by atoms with Crippen LogP contribution in [-0.4, -0.2) is 47.1 Å². The Hall–Kier alpha value is -2.15. The van der Waals surface area contributed by atoms with Crippen LogP contribution in [-0.2, 0) is 0 Å². The van der Waals surface area contributed by atoms with Gasteiger partial charge in [-0.15, -0.1) is 0 Å². The highest BCUT2D eigenvalue weighted by Crippen LogP contribution is 2.25. The Morgan fingerprint density at radius 3 is 2.84 bits per heavy atom. The molecule has 0 spiro atoms. The molecule has 1 aliphatic rings. The van der Waals surface area contributed by atoms with Gasteiger partial charge in [-0.05, 0) is 18.6 Å². The number of amides is 1. The molecular weight excluding hydrogens is 250 g/mol. The number of β-amino-alcohol motifs (C(OH)–C–C–N with tert-alkyl or cyclic N) is 1. The molecule has 102 valence electrons. The van der Waals surface area contributed by atoms with Crippen LogP contribution >= 0.6 is 0 Å². The van der Waals surface area contributed by atoms with Gasteiger partial charge in [0.25, 0.3) is 11.6 Å². The summed E-state index contributed by atoms with van der Waals surface area (Å²) in [5.74, 6) is -0.416. The molecule has 2 N–H and O–H groups in total. The predicted molar refractivity (Wildman–Crippen MR) is 69.2 cm³/mol. The SMILES string of the molecule is CNc1ccc([N+](=O)[O-])c(C(=O)N2CCC(O)C2)c1. The molecule has 1 aromatic carbocycles. The minimum absolute atomic E-state index is 0.0472. The lowest BCUT2D eigenvalue weighted by Crippen LogP contribution is -2.30.